The van der Waals surface area contributed by atoms with Gasteiger partial charge in [0.15, 0.2) is 0 Å². The molecule has 130 valence electrons. The van der Waals surface area contributed by atoms with E-state index < -0.39 is 0 Å². The van der Waals surface area contributed by atoms with Gasteiger partial charge in [0.1, 0.15) is 0 Å². The van der Waals surface area contributed by atoms with Crippen LogP contribution in [0.2, 0.25) is 0 Å². The molecule has 0 aromatic heterocycles. The minimum Gasteiger partial charge on any atom is -0.281 e. The van der Waals surface area contributed by atoms with Gasteiger partial charge in [-0.1, -0.05) is 89.7 Å². The lowest BCUT2D eigenvalue weighted by Gasteiger charge is -2.02. The summed E-state index contributed by atoms with van der Waals surface area (Å²) in [6.07, 6.45) is 24.9. The number of hydrogen-bond donors (Lipinski definition) is 0. The van der Waals surface area contributed by atoms with Gasteiger partial charge < -0.3 is 0 Å². The smallest absolute Gasteiger partial charge is 0.221 e. The Morgan fingerprint density at radius 2 is 1.09 bits per heavy atom. The van der Waals surface area contributed by atoms with Crippen LogP contribution in [0.4, 0.5) is 0 Å². The van der Waals surface area contributed by atoms with Crippen LogP contribution in [0, 0.1) is 0 Å². The largest absolute Gasteiger partial charge is 0.281 e. The number of hydrogen-bond acceptors (Lipinski definition) is 1. The molecule has 0 aliphatic rings. The average Bonchev–Trinajstić information content (AvgIpc) is 2.50. The Balaban J connectivity index is 2.99. The van der Waals surface area contributed by atoms with Crippen LogP contribution in [-0.4, -0.2) is 5.24 Å². The second-order valence-electron chi connectivity index (χ2n) is 6.37. The first-order valence-electron chi connectivity index (χ1n) is 9.60. The first-order chi connectivity index (χ1) is 10.8. The van der Waals surface area contributed by atoms with Gasteiger partial charge in [0, 0.05) is 6.42 Å². The molecular formula is C20H37ClO. The SMILES string of the molecule is CC/C=C/CCCCCCCCCCCCCCCC(=O)Cl. The molecular weight excluding hydrogens is 292 g/mol. The summed E-state index contributed by atoms with van der Waals surface area (Å²) < 4.78 is 0. The lowest BCUT2D eigenvalue weighted by Crippen LogP contribution is -1.86. The molecule has 0 aromatic carbocycles. The number of rotatable bonds is 17. The van der Waals surface area contributed by atoms with Crippen molar-refractivity contribution in [3.05, 3.63) is 12.2 Å². The van der Waals surface area contributed by atoms with E-state index in [0.717, 1.165) is 12.8 Å². The first-order valence-corrected chi connectivity index (χ1v) is 9.98. The molecule has 22 heavy (non-hydrogen) atoms. The van der Waals surface area contributed by atoms with Crippen LogP contribution in [0.5, 0.6) is 0 Å². The summed E-state index contributed by atoms with van der Waals surface area (Å²) in [4.78, 5) is 10.6. The molecule has 0 radical (unpaired) electrons. The Kier molecular flexibility index (Phi) is 18.5. The zero-order valence-electron chi connectivity index (χ0n) is 14.8. The second kappa shape index (κ2) is 18.7. The Hall–Kier alpha value is -0.300. The zero-order chi connectivity index (χ0) is 16.3. The summed E-state index contributed by atoms with van der Waals surface area (Å²) in [6, 6.07) is 0. The van der Waals surface area contributed by atoms with Crippen LogP contribution in [0.1, 0.15) is 110 Å². The quantitative estimate of drug-likeness (QED) is 0.153. The summed E-state index contributed by atoms with van der Waals surface area (Å²) >= 11 is 5.31. The Morgan fingerprint density at radius 1 is 0.682 bits per heavy atom. The molecule has 0 aliphatic carbocycles. The van der Waals surface area contributed by atoms with Crippen LogP contribution in [-0.2, 0) is 4.79 Å². The van der Waals surface area contributed by atoms with E-state index in [0.29, 0.717) is 6.42 Å². The van der Waals surface area contributed by atoms with Gasteiger partial charge in [-0.3, -0.25) is 4.79 Å². The van der Waals surface area contributed by atoms with Gasteiger partial charge in [0.2, 0.25) is 5.24 Å². The highest BCUT2D eigenvalue weighted by Gasteiger charge is 1.96. The third kappa shape index (κ3) is 19.7. The van der Waals surface area contributed by atoms with Crippen LogP contribution in [0.25, 0.3) is 0 Å². The fraction of sp³-hybridized carbons (Fsp3) is 0.850. The first kappa shape index (κ1) is 21.7. The maximum absolute atomic E-state index is 10.6. The lowest BCUT2D eigenvalue weighted by molar-refractivity contribution is -0.111. The normalized spacial score (nSPS) is 11.4. The molecule has 0 amide bonds. The van der Waals surface area contributed by atoms with Crippen molar-refractivity contribution < 1.29 is 4.79 Å². The summed E-state index contributed by atoms with van der Waals surface area (Å²) in [7, 11) is 0. The van der Waals surface area contributed by atoms with E-state index in [1.54, 1.807) is 0 Å². The summed E-state index contributed by atoms with van der Waals surface area (Å²) in [6.45, 7) is 2.19. The molecule has 0 fully saturated rings. The topological polar surface area (TPSA) is 17.1 Å². The van der Waals surface area contributed by atoms with Crippen LogP contribution in [0.15, 0.2) is 12.2 Å². The van der Waals surface area contributed by atoms with E-state index in [4.69, 9.17) is 11.6 Å². The van der Waals surface area contributed by atoms with Gasteiger partial charge in [0.05, 0.1) is 0 Å². The predicted octanol–water partition coefficient (Wildman–Crippen LogP) is 7.57. The van der Waals surface area contributed by atoms with Crippen molar-refractivity contribution >= 4 is 16.8 Å². The molecule has 0 saturated carbocycles. The molecule has 0 saturated heterocycles. The molecule has 0 unspecified atom stereocenters. The number of carbonyl (C=O) groups is 1. The zero-order valence-corrected chi connectivity index (χ0v) is 15.5. The minimum absolute atomic E-state index is 0.183. The molecule has 0 atom stereocenters. The number of carbonyl (C=O) groups excluding carboxylic acids is 1. The average molecular weight is 329 g/mol. The van der Waals surface area contributed by atoms with Gasteiger partial charge >= 0.3 is 0 Å². The standard InChI is InChI=1S/C20H37ClO/c1-2-3-4-5-6-7-8-9-10-11-12-13-14-15-16-17-18-19-20(21)22/h3-4H,2,5-19H2,1H3/b4-3+. The van der Waals surface area contributed by atoms with E-state index in [1.165, 1.54) is 83.5 Å². The summed E-state index contributed by atoms with van der Waals surface area (Å²) in [5, 5.41) is -0.183. The van der Waals surface area contributed by atoms with Gasteiger partial charge in [-0.05, 0) is 37.3 Å². The van der Waals surface area contributed by atoms with E-state index >= 15 is 0 Å². The van der Waals surface area contributed by atoms with Crippen molar-refractivity contribution in [3.8, 4) is 0 Å². The van der Waals surface area contributed by atoms with Gasteiger partial charge in [-0.2, -0.15) is 0 Å². The molecule has 0 aromatic rings. The van der Waals surface area contributed by atoms with E-state index in [2.05, 4.69) is 19.1 Å². The fourth-order valence-corrected chi connectivity index (χ4v) is 2.89. The second-order valence-corrected chi connectivity index (χ2v) is 6.79. The maximum atomic E-state index is 10.6. The Morgan fingerprint density at radius 3 is 1.50 bits per heavy atom. The molecule has 0 spiro atoms. The van der Waals surface area contributed by atoms with Crippen molar-refractivity contribution in [3.63, 3.8) is 0 Å². The third-order valence-electron chi connectivity index (χ3n) is 4.15. The predicted molar refractivity (Wildman–Crippen MR) is 99.5 cm³/mol. The van der Waals surface area contributed by atoms with Crippen LogP contribution >= 0.6 is 11.6 Å². The molecule has 0 bridgehead atoms. The third-order valence-corrected chi connectivity index (χ3v) is 4.34. The Bertz CT molecular complexity index is 260. The van der Waals surface area contributed by atoms with Crippen molar-refractivity contribution in [1.29, 1.82) is 0 Å². The molecule has 0 rings (SSSR count). The highest BCUT2D eigenvalue weighted by molar-refractivity contribution is 6.63. The van der Waals surface area contributed by atoms with Crippen molar-refractivity contribution in [2.45, 2.75) is 110 Å². The number of unbranched alkanes of at least 4 members (excludes halogenated alkanes) is 13. The highest BCUT2D eigenvalue weighted by Crippen LogP contribution is 2.13. The van der Waals surface area contributed by atoms with Gasteiger partial charge in [-0.25, -0.2) is 0 Å². The molecule has 0 aliphatic heterocycles. The number of allylic oxidation sites excluding steroid dienone is 2. The van der Waals surface area contributed by atoms with Crippen molar-refractivity contribution in [2.24, 2.45) is 0 Å². The van der Waals surface area contributed by atoms with Gasteiger partial charge in [0.25, 0.3) is 0 Å². The summed E-state index contributed by atoms with van der Waals surface area (Å²) in [5.74, 6) is 0. The Labute approximate surface area is 143 Å². The van der Waals surface area contributed by atoms with E-state index in [9.17, 15) is 4.79 Å². The summed E-state index contributed by atoms with van der Waals surface area (Å²) in [5.41, 5.74) is 0. The molecule has 1 nitrogen and oxygen atoms in total. The lowest BCUT2D eigenvalue weighted by atomic mass is 10.0. The van der Waals surface area contributed by atoms with Gasteiger partial charge in [-0.15, -0.1) is 0 Å². The fourth-order valence-electron chi connectivity index (χ4n) is 2.76. The molecule has 0 N–H and O–H groups in total. The van der Waals surface area contributed by atoms with Crippen molar-refractivity contribution in [1.82, 2.24) is 0 Å². The highest BCUT2D eigenvalue weighted by atomic mass is 35.5. The molecule has 2 heteroatoms. The number of halogens is 1. The minimum atomic E-state index is -0.183. The van der Waals surface area contributed by atoms with E-state index in [1.807, 2.05) is 0 Å². The molecule has 0 heterocycles. The monoisotopic (exact) mass is 328 g/mol. The van der Waals surface area contributed by atoms with Crippen molar-refractivity contribution in [2.75, 3.05) is 0 Å². The van der Waals surface area contributed by atoms with E-state index in [-0.39, 0.29) is 5.24 Å². The van der Waals surface area contributed by atoms with Crippen LogP contribution < -0.4 is 0 Å². The van der Waals surface area contributed by atoms with Crippen LogP contribution in [0.3, 0.4) is 0 Å². The maximum Gasteiger partial charge on any atom is 0.221 e.